The molecule has 3 rings (SSSR count). The van der Waals surface area contributed by atoms with E-state index in [1.807, 2.05) is 6.92 Å². The molecule has 0 fully saturated rings. The van der Waals surface area contributed by atoms with Gasteiger partial charge >= 0.3 is 0 Å². The van der Waals surface area contributed by atoms with Crippen molar-refractivity contribution in [2.45, 2.75) is 11.8 Å². The average Bonchev–Trinajstić information content (AvgIpc) is 2.70. The van der Waals surface area contributed by atoms with Crippen LogP contribution in [0.3, 0.4) is 0 Å². The number of rotatable bonds is 6. The lowest BCUT2D eigenvalue weighted by Crippen LogP contribution is -2.16. The van der Waals surface area contributed by atoms with E-state index in [2.05, 4.69) is 10.0 Å². The van der Waals surface area contributed by atoms with Gasteiger partial charge in [0.2, 0.25) is 0 Å². The van der Waals surface area contributed by atoms with Crippen LogP contribution in [0.1, 0.15) is 15.9 Å². The third-order valence-electron chi connectivity index (χ3n) is 4.15. The number of hydrogen-bond acceptors (Lipinski definition) is 4. The van der Waals surface area contributed by atoms with Gasteiger partial charge in [0, 0.05) is 5.69 Å². The molecule has 0 radical (unpaired) electrons. The van der Waals surface area contributed by atoms with Gasteiger partial charge in [0.25, 0.3) is 15.9 Å². The first-order valence-corrected chi connectivity index (χ1v) is 10.1. The number of halogens is 1. The number of carbonyl (C=O) groups excluding carboxylic acids is 1. The van der Waals surface area contributed by atoms with Crippen molar-refractivity contribution in [2.24, 2.45) is 0 Å². The van der Waals surface area contributed by atoms with Gasteiger partial charge in [0.05, 0.1) is 23.3 Å². The van der Waals surface area contributed by atoms with Gasteiger partial charge in [-0.2, -0.15) is 0 Å². The summed E-state index contributed by atoms with van der Waals surface area (Å²) in [6.07, 6.45) is 0. The number of methoxy groups -OCH3 is 1. The molecule has 6 nitrogen and oxygen atoms in total. The van der Waals surface area contributed by atoms with E-state index in [1.165, 1.54) is 49.6 Å². The van der Waals surface area contributed by atoms with Crippen molar-refractivity contribution in [3.05, 3.63) is 83.7 Å². The van der Waals surface area contributed by atoms with Gasteiger partial charge in [-0.05, 0) is 49.4 Å². The summed E-state index contributed by atoms with van der Waals surface area (Å²) < 4.78 is 47.0. The first-order chi connectivity index (χ1) is 13.8. The van der Waals surface area contributed by atoms with E-state index in [9.17, 15) is 17.6 Å². The second-order valence-electron chi connectivity index (χ2n) is 6.27. The van der Waals surface area contributed by atoms with E-state index in [0.717, 1.165) is 5.56 Å². The molecule has 0 unspecified atom stereocenters. The maximum Gasteiger partial charge on any atom is 0.261 e. The fourth-order valence-electron chi connectivity index (χ4n) is 2.62. The predicted molar refractivity (Wildman–Crippen MR) is 109 cm³/mol. The van der Waals surface area contributed by atoms with Crippen molar-refractivity contribution in [3.63, 3.8) is 0 Å². The Morgan fingerprint density at radius 3 is 2.34 bits per heavy atom. The minimum Gasteiger partial charge on any atom is -0.495 e. The summed E-state index contributed by atoms with van der Waals surface area (Å²) in [6, 6.07) is 16.4. The monoisotopic (exact) mass is 414 g/mol. The second-order valence-corrected chi connectivity index (χ2v) is 7.95. The molecule has 1 amide bonds. The third kappa shape index (κ3) is 4.72. The van der Waals surface area contributed by atoms with Crippen molar-refractivity contribution in [1.82, 2.24) is 0 Å². The van der Waals surface area contributed by atoms with E-state index in [0.29, 0.717) is 5.69 Å². The number of aryl methyl sites for hydroxylation is 1. The fraction of sp³-hybridized carbons (Fsp3) is 0.0952. The van der Waals surface area contributed by atoms with E-state index in [4.69, 9.17) is 4.74 Å². The number of anilines is 2. The van der Waals surface area contributed by atoms with Crippen LogP contribution in [-0.2, 0) is 10.0 Å². The average molecular weight is 414 g/mol. The summed E-state index contributed by atoms with van der Waals surface area (Å²) in [4.78, 5) is 12.3. The van der Waals surface area contributed by atoms with Crippen LogP contribution < -0.4 is 14.8 Å². The number of benzene rings is 3. The zero-order valence-corrected chi connectivity index (χ0v) is 16.6. The van der Waals surface area contributed by atoms with Crippen LogP contribution >= 0.6 is 0 Å². The molecule has 0 saturated carbocycles. The first kappa shape index (κ1) is 20.3. The highest BCUT2D eigenvalue weighted by atomic mass is 32.2. The third-order valence-corrected chi connectivity index (χ3v) is 5.53. The van der Waals surface area contributed by atoms with Crippen molar-refractivity contribution < 1.29 is 22.3 Å². The molecule has 3 aromatic carbocycles. The van der Waals surface area contributed by atoms with E-state index >= 15 is 0 Å². The second kappa shape index (κ2) is 8.32. The molecule has 0 saturated heterocycles. The molecule has 3 aromatic rings. The largest absolute Gasteiger partial charge is 0.495 e. The van der Waals surface area contributed by atoms with Crippen LogP contribution in [0.2, 0.25) is 0 Å². The number of nitrogens with one attached hydrogen (secondary N) is 2. The highest BCUT2D eigenvalue weighted by molar-refractivity contribution is 7.92. The lowest BCUT2D eigenvalue weighted by atomic mass is 10.2. The van der Waals surface area contributed by atoms with E-state index in [1.54, 1.807) is 24.3 Å². The van der Waals surface area contributed by atoms with Gasteiger partial charge in [-0.25, -0.2) is 12.8 Å². The summed E-state index contributed by atoms with van der Waals surface area (Å²) in [5.41, 5.74) is 1.34. The summed E-state index contributed by atoms with van der Waals surface area (Å²) in [5, 5.41) is 2.51. The van der Waals surface area contributed by atoms with Crippen LogP contribution in [-0.4, -0.2) is 21.4 Å². The minimum absolute atomic E-state index is 0.0808. The molecular formula is C21H19FN2O4S. The van der Waals surface area contributed by atoms with Crippen LogP contribution in [0.4, 0.5) is 15.8 Å². The smallest absolute Gasteiger partial charge is 0.261 e. The molecule has 0 aliphatic carbocycles. The predicted octanol–water partition coefficient (Wildman–Crippen LogP) is 4.20. The highest BCUT2D eigenvalue weighted by Gasteiger charge is 2.19. The van der Waals surface area contributed by atoms with Crippen molar-refractivity contribution in [1.29, 1.82) is 0 Å². The van der Waals surface area contributed by atoms with Crippen molar-refractivity contribution >= 4 is 27.3 Å². The Labute approximate surface area is 168 Å². The molecule has 2 N–H and O–H groups in total. The quantitative estimate of drug-likeness (QED) is 0.633. The van der Waals surface area contributed by atoms with Gasteiger partial charge < -0.3 is 10.1 Å². The van der Waals surface area contributed by atoms with Crippen LogP contribution in [0, 0.1) is 12.7 Å². The molecule has 0 heterocycles. The Balaban J connectivity index is 1.91. The molecule has 0 bridgehead atoms. The Morgan fingerprint density at radius 2 is 1.69 bits per heavy atom. The summed E-state index contributed by atoms with van der Waals surface area (Å²) >= 11 is 0. The molecular weight excluding hydrogens is 395 g/mol. The van der Waals surface area contributed by atoms with Crippen LogP contribution in [0.15, 0.2) is 71.6 Å². The van der Waals surface area contributed by atoms with Gasteiger partial charge in [0.1, 0.15) is 11.6 Å². The molecule has 8 heteroatoms. The normalized spacial score (nSPS) is 11.0. The fourth-order valence-corrected chi connectivity index (χ4v) is 3.71. The summed E-state index contributed by atoms with van der Waals surface area (Å²) in [7, 11) is -2.53. The number of amides is 1. The van der Waals surface area contributed by atoms with Crippen molar-refractivity contribution in [3.8, 4) is 5.75 Å². The van der Waals surface area contributed by atoms with E-state index in [-0.39, 0.29) is 21.9 Å². The van der Waals surface area contributed by atoms with Gasteiger partial charge in [-0.1, -0.05) is 29.8 Å². The Hall–Kier alpha value is -3.39. The number of sulfonamides is 1. The zero-order valence-electron chi connectivity index (χ0n) is 15.8. The summed E-state index contributed by atoms with van der Waals surface area (Å²) in [6.45, 7) is 1.90. The maximum absolute atomic E-state index is 13.9. The molecule has 0 spiro atoms. The highest BCUT2D eigenvalue weighted by Crippen LogP contribution is 2.29. The van der Waals surface area contributed by atoms with Crippen LogP contribution in [0.5, 0.6) is 5.75 Å². The van der Waals surface area contributed by atoms with Crippen LogP contribution in [0.25, 0.3) is 0 Å². The molecule has 0 aliphatic rings. The standard InChI is InChI=1S/C21H19FN2O4S/c1-14-7-9-15(10-8-14)24-29(26,27)16-11-12-20(28-2)19(13-16)23-21(25)17-5-3-4-6-18(17)22/h3-13,24H,1-2H3,(H,23,25). The zero-order chi connectivity index (χ0) is 21.0. The Morgan fingerprint density at radius 1 is 1.00 bits per heavy atom. The van der Waals surface area contributed by atoms with Crippen molar-refractivity contribution in [2.75, 3.05) is 17.1 Å². The SMILES string of the molecule is COc1ccc(S(=O)(=O)Nc2ccc(C)cc2)cc1NC(=O)c1ccccc1F. The molecule has 0 atom stereocenters. The van der Waals surface area contributed by atoms with E-state index < -0.39 is 21.7 Å². The topological polar surface area (TPSA) is 84.5 Å². The lowest BCUT2D eigenvalue weighted by Gasteiger charge is -2.14. The Kier molecular flexibility index (Phi) is 5.84. The molecule has 0 aliphatic heterocycles. The molecule has 150 valence electrons. The van der Waals surface area contributed by atoms with Gasteiger partial charge in [0.15, 0.2) is 0 Å². The number of carbonyl (C=O) groups is 1. The number of hydrogen-bond donors (Lipinski definition) is 2. The molecule has 29 heavy (non-hydrogen) atoms. The summed E-state index contributed by atoms with van der Waals surface area (Å²) in [5.74, 6) is -1.17. The number of ether oxygens (including phenoxy) is 1. The lowest BCUT2D eigenvalue weighted by molar-refractivity contribution is 0.102. The van der Waals surface area contributed by atoms with Gasteiger partial charge in [-0.3, -0.25) is 9.52 Å². The maximum atomic E-state index is 13.9. The minimum atomic E-state index is -3.91. The van der Waals surface area contributed by atoms with Gasteiger partial charge in [-0.15, -0.1) is 0 Å². The first-order valence-electron chi connectivity index (χ1n) is 8.63. The Bertz CT molecular complexity index is 1150. The molecule has 0 aromatic heterocycles.